The molecule has 0 aliphatic carbocycles. The van der Waals surface area contributed by atoms with Crippen molar-refractivity contribution in [3.8, 4) is 12.3 Å². The van der Waals surface area contributed by atoms with E-state index in [4.69, 9.17) is 11.2 Å². The average molecular weight is 672 g/mol. The van der Waals surface area contributed by atoms with Gasteiger partial charge in [0, 0.05) is 31.0 Å². The smallest absolute Gasteiger partial charge is 0.257 e. The molecule has 0 aromatic rings. The molecule has 6 atom stereocenters. The molecular weight excluding hydrogens is 614 g/mol. The first-order valence-corrected chi connectivity index (χ1v) is 16.9. The number of rotatable bonds is 19. The van der Waals surface area contributed by atoms with E-state index in [1.54, 1.807) is 6.92 Å². The van der Waals surface area contributed by atoms with Crippen LogP contribution in [0.4, 0.5) is 0 Å². The molecule has 48 heavy (non-hydrogen) atoms. The summed E-state index contributed by atoms with van der Waals surface area (Å²) < 4.78 is 5.30. The fraction of sp³-hybridized carbons (Fsp3) is 0.667. The molecule has 0 spiro atoms. The number of ether oxygens (including phenoxy) is 1. The van der Waals surface area contributed by atoms with Crippen LogP contribution >= 0.6 is 0 Å². The van der Waals surface area contributed by atoms with Gasteiger partial charge in [-0.25, -0.2) is 0 Å². The normalized spacial score (nSPS) is 17.8. The molecule has 0 radical (unpaired) electrons. The highest BCUT2D eigenvalue weighted by Gasteiger charge is 2.39. The van der Waals surface area contributed by atoms with Gasteiger partial charge < -0.3 is 26.0 Å². The van der Waals surface area contributed by atoms with Crippen molar-refractivity contribution in [2.45, 2.75) is 125 Å². The molecule has 6 amide bonds. The number of nitrogens with zero attached hydrogens (tertiary/aromatic N) is 1. The Labute approximate surface area is 286 Å². The zero-order valence-electron chi connectivity index (χ0n) is 30.3. The SMILES string of the molecule is C#CCCC(=O)N[C@H](C(=O)N[C@@H](CC(C)C)C(=O)N[C@@H](CC(C)C)C(=O)N[C@@H](C)/C=C/C(=O)N1C(=O)C=C(OC)[C@@H]1C(C)C)[C@@H](C)CC. The number of terminal acetylenes is 1. The highest BCUT2D eigenvalue weighted by atomic mass is 16.5. The number of carbonyl (C=O) groups excluding carboxylic acids is 6. The van der Waals surface area contributed by atoms with Crippen LogP contribution in [-0.2, 0) is 33.5 Å². The summed E-state index contributed by atoms with van der Waals surface area (Å²) in [6.07, 6.45) is 10.9. The van der Waals surface area contributed by atoms with E-state index in [0.717, 1.165) is 4.90 Å². The number of hydrogen-bond donors (Lipinski definition) is 4. The monoisotopic (exact) mass is 671 g/mol. The fourth-order valence-electron chi connectivity index (χ4n) is 5.35. The third-order valence-corrected chi connectivity index (χ3v) is 8.06. The van der Waals surface area contributed by atoms with Crippen LogP contribution in [0, 0.1) is 36.0 Å². The third-order valence-electron chi connectivity index (χ3n) is 8.06. The fourth-order valence-corrected chi connectivity index (χ4v) is 5.35. The second-order valence-corrected chi connectivity index (χ2v) is 13.7. The standard InChI is InChI=1S/C36H57N5O7/c1-12-14-15-29(42)40-32(24(9)13-2)36(47)39-27(19-22(5)6)35(46)38-26(18-21(3)4)34(45)37-25(10)16-17-30(43)41-31(44)20-28(48-11)33(41)23(7)8/h1,16-17,20-27,32-33H,13-15,18-19H2,2-11H3,(H,37,45)(H,38,46)(H,39,47)(H,40,42)/b17-16+/t24-,25-,26-,27-,32-,33-/m0/s1. The first-order valence-electron chi connectivity index (χ1n) is 16.9. The van der Waals surface area contributed by atoms with Crippen LogP contribution in [0.5, 0.6) is 0 Å². The molecule has 0 unspecified atom stereocenters. The number of methoxy groups -OCH3 is 1. The van der Waals surface area contributed by atoms with E-state index in [-0.39, 0.29) is 42.4 Å². The summed E-state index contributed by atoms with van der Waals surface area (Å²) in [5, 5.41) is 11.2. The van der Waals surface area contributed by atoms with Gasteiger partial charge in [-0.2, -0.15) is 0 Å². The molecule has 1 rings (SSSR count). The van der Waals surface area contributed by atoms with Crippen LogP contribution < -0.4 is 21.3 Å². The Kier molecular flexibility index (Phi) is 17.7. The van der Waals surface area contributed by atoms with Gasteiger partial charge in [-0.3, -0.25) is 33.7 Å². The zero-order valence-corrected chi connectivity index (χ0v) is 30.3. The van der Waals surface area contributed by atoms with Crippen LogP contribution in [0.1, 0.15) is 94.4 Å². The van der Waals surface area contributed by atoms with Gasteiger partial charge in [-0.05, 0) is 43.4 Å². The first kappa shape index (κ1) is 41.9. The Morgan fingerprint density at radius 1 is 0.896 bits per heavy atom. The number of imide groups is 1. The average Bonchev–Trinajstić information content (AvgIpc) is 3.36. The largest absolute Gasteiger partial charge is 0.499 e. The van der Waals surface area contributed by atoms with Crippen LogP contribution in [0.2, 0.25) is 0 Å². The maximum absolute atomic E-state index is 13.6. The van der Waals surface area contributed by atoms with Crippen molar-refractivity contribution < 1.29 is 33.5 Å². The summed E-state index contributed by atoms with van der Waals surface area (Å²) in [5.41, 5.74) is 0. The second-order valence-electron chi connectivity index (χ2n) is 13.7. The molecule has 268 valence electrons. The number of carbonyl (C=O) groups is 6. The zero-order chi connectivity index (χ0) is 36.7. The molecule has 0 saturated heterocycles. The Morgan fingerprint density at radius 2 is 1.44 bits per heavy atom. The van der Waals surface area contributed by atoms with E-state index in [1.165, 1.54) is 25.3 Å². The van der Waals surface area contributed by atoms with E-state index in [1.807, 2.05) is 55.4 Å². The van der Waals surface area contributed by atoms with Gasteiger partial charge in [0.15, 0.2) is 0 Å². The number of amides is 6. The molecule has 1 heterocycles. The Balaban J connectivity index is 3.07. The highest BCUT2D eigenvalue weighted by molar-refractivity contribution is 6.08. The Bertz CT molecular complexity index is 1250. The third kappa shape index (κ3) is 13.2. The van der Waals surface area contributed by atoms with Crippen molar-refractivity contribution in [3.63, 3.8) is 0 Å². The van der Waals surface area contributed by atoms with E-state index in [9.17, 15) is 28.8 Å². The van der Waals surface area contributed by atoms with Crippen LogP contribution in [-0.4, -0.2) is 77.7 Å². The van der Waals surface area contributed by atoms with Gasteiger partial charge in [0.25, 0.3) is 11.8 Å². The lowest BCUT2D eigenvalue weighted by atomic mass is 9.96. The summed E-state index contributed by atoms with van der Waals surface area (Å²) in [7, 11) is 1.45. The van der Waals surface area contributed by atoms with Gasteiger partial charge in [-0.1, -0.05) is 67.9 Å². The molecule has 1 aliphatic heterocycles. The summed E-state index contributed by atoms with van der Waals surface area (Å²) in [4.78, 5) is 79.6. The second kappa shape index (κ2) is 20.3. The molecule has 0 fully saturated rings. The van der Waals surface area contributed by atoms with Crippen molar-refractivity contribution in [1.82, 2.24) is 26.2 Å². The number of hydrogen-bond acceptors (Lipinski definition) is 7. The Morgan fingerprint density at radius 3 is 1.92 bits per heavy atom. The quantitative estimate of drug-likeness (QED) is 0.121. The van der Waals surface area contributed by atoms with E-state index in [0.29, 0.717) is 25.0 Å². The highest BCUT2D eigenvalue weighted by Crippen LogP contribution is 2.26. The maximum atomic E-state index is 13.6. The van der Waals surface area contributed by atoms with E-state index in [2.05, 4.69) is 27.2 Å². The van der Waals surface area contributed by atoms with Gasteiger partial charge in [-0.15, -0.1) is 12.3 Å². The lowest BCUT2D eigenvalue weighted by molar-refractivity contribution is -0.140. The van der Waals surface area contributed by atoms with Crippen molar-refractivity contribution in [2.75, 3.05) is 7.11 Å². The first-order chi connectivity index (χ1) is 22.5. The summed E-state index contributed by atoms with van der Waals surface area (Å²) >= 11 is 0. The minimum Gasteiger partial charge on any atom is -0.499 e. The molecule has 12 heteroatoms. The topological polar surface area (TPSA) is 163 Å². The minimum atomic E-state index is -0.957. The maximum Gasteiger partial charge on any atom is 0.257 e. The predicted octanol–water partition coefficient (Wildman–Crippen LogP) is 2.98. The minimum absolute atomic E-state index is 0.0290. The summed E-state index contributed by atoms with van der Waals surface area (Å²) in [6, 6.07) is -3.89. The van der Waals surface area contributed by atoms with Crippen molar-refractivity contribution >= 4 is 35.4 Å². The molecular formula is C36H57N5O7. The molecule has 0 aromatic heterocycles. The van der Waals surface area contributed by atoms with E-state index >= 15 is 0 Å². The molecule has 12 nitrogen and oxygen atoms in total. The van der Waals surface area contributed by atoms with Gasteiger partial charge in [0.05, 0.1) is 13.2 Å². The lowest BCUT2D eigenvalue weighted by Gasteiger charge is -2.29. The summed E-state index contributed by atoms with van der Waals surface area (Å²) in [6.45, 7) is 16.9. The summed E-state index contributed by atoms with van der Waals surface area (Å²) in [5.74, 6) is -0.210. The van der Waals surface area contributed by atoms with Gasteiger partial charge in [0.2, 0.25) is 23.6 Å². The molecule has 0 bridgehead atoms. The van der Waals surface area contributed by atoms with E-state index < -0.39 is 59.7 Å². The molecule has 4 N–H and O–H groups in total. The predicted molar refractivity (Wildman–Crippen MR) is 185 cm³/mol. The molecule has 0 saturated carbocycles. The number of nitrogens with one attached hydrogen (secondary N) is 4. The van der Waals surface area contributed by atoms with Crippen LogP contribution in [0.15, 0.2) is 24.0 Å². The van der Waals surface area contributed by atoms with Crippen molar-refractivity contribution in [1.29, 1.82) is 0 Å². The lowest BCUT2D eigenvalue weighted by Crippen LogP contribution is -2.58. The van der Waals surface area contributed by atoms with Crippen molar-refractivity contribution in [2.24, 2.45) is 23.7 Å². The van der Waals surface area contributed by atoms with Gasteiger partial charge in [0.1, 0.15) is 23.9 Å². The van der Waals surface area contributed by atoms with Crippen molar-refractivity contribution in [3.05, 3.63) is 24.0 Å². The van der Waals surface area contributed by atoms with Crippen LogP contribution in [0.25, 0.3) is 0 Å². The molecule has 0 aromatic carbocycles. The Hall–Kier alpha value is -4.14. The van der Waals surface area contributed by atoms with Gasteiger partial charge >= 0.3 is 0 Å². The molecule has 1 aliphatic rings. The van der Waals surface area contributed by atoms with Crippen LogP contribution in [0.3, 0.4) is 0 Å².